The summed E-state index contributed by atoms with van der Waals surface area (Å²) in [6.07, 6.45) is 3.77. The molecule has 0 fully saturated rings. The van der Waals surface area contributed by atoms with Crippen molar-refractivity contribution in [1.29, 1.82) is 0 Å². The second-order valence-corrected chi connectivity index (χ2v) is 3.65. The van der Waals surface area contributed by atoms with Crippen LogP contribution in [0.5, 0.6) is 0 Å². The largest absolute Gasteiger partial charge is 0.388 e. The molecular formula is C11H25NO3. The molecular weight excluding hydrogens is 194 g/mol. The van der Waals surface area contributed by atoms with Crippen LogP contribution >= 0.6 is 0 Å². The highest BCUT2D eigenvalue weighted by atomic mass is 16.5. The van der Waals surface area contributed by atoms with Crippen molar-refractivity contribution < 1.29 is 14.6 Å². The Morgan fingerprint density at radius 3 is 2.20 bits per heavy atom. The third-order valence-electron chi connectivity index (χ3n) is 2.01. The third-order valence-corrected chi connectivity index (χ3v) is 2.01. The maximum Gasteiger partial charge on any atom is 0.101 e. The zero-order valence-corrected chi connectivity index (χ0v) is 9.78. The topological polar surface area (TPSA) is 64.7 Å². The van der Waals surface area contributed by atoms with E-state index in [4.69, 9.17) is 15.2 Å². The van der Waals surface area contributed by atoms with Gasteiger partial charge in [-0.05, 0) is 19.4 Å². The Labute approximate surface area is 92.7 Å². The van der Waals surface area contributed by atoms with Crippen molar-refractivity contribution in [2.24, 2.45) is 5.73 Å². The first-order valence-corrected chi connectivity index (χ1v) is 5.84. The fourth-order valence-electron chi connectivity index (χ4n) is 1.13. The molecule has 0 radical (unpaired) electrons. The Morgan fingerprint density at radius 1 is 1.07 bits per heavy atom. The molecule has 4 nitrogen and oxygen atoms in total. The lowest BCUT2D eigenvalue weighted by Gasteiger charge is -2.11. The molecule has 3 N–H and O–H groups in total. The van der Waals surface area contributed by atoms with E-state index in [1.54, 1.807) is 0 Å². The van der Waals surface area contributed by atoms with Crippen molar-refractivity contribution in [2.45, 2.75) is 38.7 Å². The van der Waals surface area contributed by atoms with Gasteiger partial charge in [0.05, 0.1) is 13.2 Å². The summed E-state index contributed by atoms with van der Waals surface area (Å²) in [7, 11) is 0. The SMILES string of the molecule is CCCCCOCC(O)COCCCN. The van der Waals surface area contributed by atoms with Gasteiger partial charge in [-0.1, -0.05) is 19.8 Å². The Bertz CT molecular complexity index is 122. The van der Waals surface area contributed by atoms with Crippen molar-refractivity contribution in [3.05, 3.63) is 0 Å². The van der Waals surface area contributed by atoms with E-state index < -0.39 is 6.10 Å². The number of aliphatic hydroxyl groups excluding tert-OH is 1. The minimum absolute atomic E-state index is 0.341. The molecule has 0 bridgehead atoms. The zero-order valence-electron chi connectivity index (χ0n) is 9.78. The Kier molecular flexibility index (Phi) is 11.8. The van der Waals surface area contributed by atoms with Crippen LogP contribution in [-0.4, -0.2) is 44.2 Å². The van der Waals surface area contributed by atoms with Gasteiger partial charge < -0.3 is 20.3 Å². The van der Waals surface area contributed by atoms with Gasteiger partial charge in [-0.25, -0.2) is 0 Å². The van der Waals surface area contributed by atoms with Crippen LogP contribution in [0.1, 0.15) is 32.6 Å². The van der Waals surface area contributed by atoms with Crippen LogP contribution in [0.2, 0.25) is 0 Å². The van der Waals surface area contributed by atoms with E-state index in [0.717, 1.165) is 19.4 Å². The van der Waals surface area contributed by atoms with E-state index in [2.05, 4.69) is 6.92 Å². The molecule has 1 unspecified atom stereocenters. The number of ether oxygens (including phenoxy) is 2. The first-order valence-electron chi connectivity index (χ1n) is 5.84. The Hall–Kier alpha value is -0.160. The normalized spacial score (nSPS) is 13.0. The van der Waals surface area contributed by atoms with Gasteiger partial charge >= 0.3 is 0 Å². The highest BCUT2D eigenvalue weighted by Gasteiger charge is 2.03. The minimum Gasteiger partial charge on any atom is -0.388 e. The molecule has 0 rings (SSSR count). The monoisotopic (exact) mass is 219 g/mol. The summed E-state index contributed by atoms with van der Waals surface area (Å²) in [5, 5.41) is 9.42. The van der Waals surface area contributed by atoms with E-state index in [-0.39, 0.29) is 0 Å². The summed E-state index contributed by atoms with van der Waals surface area (Å²) in [6.45, 7) is 4.83. The average Bonchev–Trinajstić information content (AvgIpc) is 2.24. The first-order chi connectivity index (χ1) is 7.31. The van der Waals surface area contributed by atoms with Gasteiger partial charge in [0.15, 0.2) is 0 Å². The van der Waals surface area contributed by atoms with Crippen molar-refractivity contribution in [3.8, 4) is 0 Å². The number of unbranched alkanes of at least 4 members (excludes halogenated alkanes) is 2. The van der Waals surface area contributed by atoms with Crippen molar-refractivity contribution in [3.63, 3.8) is 0 Å². The van der Waals surface area contributed by atoms with Gasteiger partial charge in [-0.2, -0.15) is 0 Å². The molecule has 0 aliphatic heterocycles. The number of aliphatic hydroxyl groups is 1. The lowest BCUT2D eigenvalue weighted by molar-refractivity contribution is -0.0195. The van der Waals surface area contributed by atoms with E-state index in [1.165, 1.54) is 12.8 Å². The molecule has 0 saturated carbocycles. The third kappa shape index (κ3) is 11.8. The van der Waals surface area contributed by atoms with E-state index in [1.807, 2.05) is 0 Å². The van der Waals surface area contributed by atoms with E-state index in [9.17, 15) is 5.11 Å². The van der Waals surface area contributed by atoms with E-state index >= 15 is 0 Å². The summed E-state index contributed by atoms with van der Waals surface area (Å²) in [6, 6.07) is 0. The average molecular weight is 219 g/mol. The molecule has 0 aromatic heterocycles. The quantitative estimate of drug-likeness (QED) is 0.507. The highest BCUT2D eigenvalue weighted by molar-refractivity contribution is 4.51. The van der Waals surface area contributed by atoms with Crippen LogP contribution in [0, 0.1) is 0 Å². The van der Waals surface area contributed by atoms with Crippen LogP contribution in [0.15, 0.2) is 0 Å². The van der Waals surface area contributed by atoms with E-state index in [0.29, 0.717) is 26.4 Å². The van der Waals surface area contributed by atoms with Crippen LogP contribution in [0.3, 0.4) is 0 Å². The second-order valence-electron chi connectivity index (χ2n) is 3.65. The number of nitrogens with two attached hydrogens (primary N) is 1. The standard InChI is InChI=1S/C11H25NO3/c1-2-3-4-7-14-9-11(13)10-15-8-5-6-12/h11,13H,2-10,12H2,1H3. The number of hydrogen-bond acceptors (Lipinski definition) is 4. The first kappa shape index (κ1) is 14.8. The molecule has 92 valence electrons. The maximum atomic E-state index is 9.42. The zero-order chi connectivity index (χ0) is 11.4. The predicted molar refractivity (Wildman–Crippen MR) is 60.8 cm³/mol. The summed E-state index contributed by atoms with van der Waals surface area (Å²) in [4.78, 5) is 0. The lowest BCUT2D eigenvalue weighted by atomic mass is 10.3. The Morgan fingerprint density at radius 2 is 1.67 bits per heavy atom. The van der Waals surface area contributed by atoms with Crippen LogP contribution < -0.4 is 5.73 Å². The van der Waals surface area contributed by atoms with Crippen LogP contribution in [-0.2, 0) is 9.47 Å². The van der Waals surface area contributed by atoms with Gasteiger partial charge in [0.25, 0.3) is 0 Å². The lowest BCUT2D eigenvalue weighted by Crippen LogP contribution is -2.22. The molecule has 1 atom stereocenters. The molecule has 0 aliphatic carbocycles. The van der Waals surface area contributed by atoms with Gasteiger partial charge in [0, 0.05) is 13.2 Å². The van der Waals surface area contributed by atoms with Gasteiger partial charge in [-0.15, -0.1) is 0 Å². The summed E-state index contributed by atoms with van der Waals surface area (Å²) >= 11 is 0. The fourth-order valence-corrected chi connectivity index (χ4v) is 1.13. The van der Waals surface area contributed by atoms with Crippen molar-refractivity contribution in [2.75, 3.05) is 33.0 Å². The number of rotatable bonds is 11. The van der Waals surface area contributed by atoms with Gasteiger partial charge in [0.1, 0.15) is 6.10 Å². The minimum atomic E-state index is -0.510. The molecule has 0 amide bonds. The fraction of sp³-hybridized carbons (Fsp3) is 1.00. The molecule has 15 heavy (non-hydrogen) atoms. The molecule has 4 heteroatoms. The highest BCUT2D eigenvalue weighted by Crippen LogP contribution is 1.95. The van der Waals surface area contributed by atoms with Crippen LogP contribution in [0.25, 0.3) is 0 Å². The molecule has 0 spiro atoms. The number of hydrogen-bond donors (Lipinski definition) is 2. The van der Waals surface area contributed by atoms with Gasteiger partial charge in [0.2, 0.25) is 0 Å². The maximum absolute atomic E-state index is 9.42. The van der Waals surface area contributed by atoms with Gasteiger partial charge in [-0.3, -0.25) is 0 Å². The molecule has 0 heterocycles. The summed E-state index contributed by atoms with van der Waals surface area (Å²) in [5.41, 5.74) is 5.30. The Balaban J connectivity index is 3.08. The molecule has 0 aromatic rings. The van der Waals surface area contributed by atoms with Crippen molar-refractivity contribution in [1.82, 2.24) is 0 Å². The van der Waals surface area contributed by atoms with Crippen molar-refractivity contribution >= 4 is 0 Å². The summed E-state index contributed by atoms with van der Waals surface area (Å²) in [5.74, 6) is 0. The molecule has 0 aromatic carbocycles. The van der Waals surface area contributed by atoms with Crippen LogP contribution in [0.4, 0.5) is 0 Å². The molecule has 0 aliphatic rings. The summed E-state index contributed by atoms with van der Waals surface area (Å²) < 4.78 is 10.5. The molecule has 0 saturated heterocycles. The predicted octanol–water partition coefficient (Wildman–Crippen LogP) is 0.919. The smallest absolute Gasteiger partial charge is 0.101 e. The second kappa shape index (κ2) is 11.9.